The van der Waals surface area contributed by atoms with E-state index >= 15 is 0 Å². The van der Waals surface area contributed by atoms with Gasteiger partial charge in [0, 0.05) is 44.7 Å². The van der Waals surface area contributed by atoms with Crippen molar-refractivity contribution in [1.29, 1.82) is 0 Å². The largest absolute Gasteiger partial charge is 0.465 e. The zero-order chi connectivity index (χ0) is 15.7. The van der Waals surface area contributed by atoms with Gasteiger partial charge in [-0.25, -0.2) is 4.79 Å². The van der Waals surface area contributed by atoms with E-state index in [-0.39, 0.29) is 5.56 Å². The summed E-state index contributed by atoms with van der Waals surface area (Å²) in [5, 5.41) is 11.0. The number of piperidine rings is 1. The number of amides is 1. The third-order valence-corrected chi connectivity index (χ3v) is 5.72. The Kier molecular flexibility index (Phi) is 4.44. The summed E-state index contributed by atoms with van der Waals surface area (Å²) in [7, 11) is 0. The van der Waals surface area contributed by atoms with Gasteiger partial charge in [0.2, 0.25) is 0 Å². The van der Waals surface area contributed by atoms with Gasteiger partial charge in [-0.05, 0) is 31.0 Å². The van der Waals surface area contributed by atoms with E-state index in [0.717, 1.165) is 27.6 Å². The lowest BCUT2D eigenvalue weighted by atomic mass is 10.1. The molecule has 1 aromatic heterocycles. The van der Waals surface area contributed by atoms with Crippen molar-refractivity contribution in [3.05, 3.63) is 39.2 Å². The van der Waals surface area contributed by atoms with Gasteiger partial charge in [0.15, 0.2) is 0 Å². The van der Waals surface area contributed by atoms with E-state index in [1.54, 1.807) is 18.0 Å². The van der Waals surface area contributed by atoms with E-state index in [0.29, 0.717) is 23.7 Å². The number of nitrogens with zero attached hydrogens (tertiary/aromatic N) is 1. The lowest BCUT2D eigenvalue weighted by Gasteiger charge is -2.29. The van der Waals surface area contributed by atoms with Crippen molar-refractivity contribution in [2.75, 3.05) is 13.1 Å². The Labute approximate surface area is 139 Å². The number of fused-ring (bicyclic) bond motifs is 1. The van der Waals surface area contributed by atoms with Crippen molar-refractivity contribution in [2.45, 2.75) is 23.0 Å². The minimum atomic E-state index is -0.845. The lowest BCUT2D eigenvalue weighted by molar-refractivity contribution is 0.136. The van der Waals surface area contributed by atoms with Crippen molar-refractivity contribution in [1.82, 2.24) is 9.88 Å². The first kappa shape index (κ1) is 15.4. The maximum atomic E-state index is 11.9. The van der Waals surface area contributed by atoms with Crippen LogP contribution in [0.1, 0.15) is 12.8 Å². The SMILES string of the molecule is O=C(O)N1CCC(Sc2c[nH]c(=O)c3ccc(Br)cc23)CC1. The number of benzene rings is 1. The van der Waals surface area contributed by atoms with Crippen molar-refractivity contribution in [2.24, 2.45) is 0 Å². The van der Waals surface area contributed by atoms with Crippen molar-refractivity contribution >= 4 is 44.6 Å². The Morgan fingerprint density at radius 1 is 1.32 bits per heavy atom. The van der Waals surface area contributed by atoms with Crippen LogP contribution in [-0.2, 0) is 0 Å². The standard InChI is InChI=1S/C15H15BrN2O3S/c16-9-1-2-11-12(7-9)13(8-17-14(11)19)22-10-3-5-18(6-4-10)15(20)21/h1-2,7-8,10H,3-6H2,(H,17,19)(H,20,21). The molecule has 22 heavy (non-hydrogen) atoms. The molecule has 1 saturated heterocycles. The molecule has 3 rings (SSSR count). The summed E-state index contributed by atoms with van der Waals surface area (Å²) in [5.74, 6) is 0. The van der Waals surface area contributed by atoms with Gasteiger partial charge in [0.25, 0.3) is 5.56 Å². The van der Waals surface area contributed by atoms with Crippen LogP contribution in [0.2, 0.25) is 0 Å². The van der Waals surface area contributed by atoms with E-state index < -0.39 is 6.09 Å². The number of nitrogens with one attached hydrogen (secondary N) is 1. The Hall–Kier alpha value is -1.47. The Bertz CT molecular complexity index is 769. The molecule has 0 aliphatic carbocycles. The van der Waals surface area contributed by atoms with Gasteiger partial charge in [-0.15, -0.1) is 11.8 Å². The Balaban J connectivity index is 1.83. The molecule has 2 heterocycles. The molecule has 116 valence electrons. The summed E-state index contributed by atoms with van der Waals surface area (Å²) < 4.78 is 0.938. The number of H-pyrrole nitrogens is 1. The van der Waals surface area contributed by atoms with Crippen molar-refractivity contribution in [3.63, 3.8) is 0 Å². The number of hydrogen-bond acceptors (Lipinski definition) is 3. The minimum absolute atomic E-state index is 0.0902. The van der Waals surface area contributed by atoms with Crippen LogP contribution < -0.4 is 5.56 Å². The summed E-state index contributed by atoms with van der Waals surface area (Å²) in [4.78, 5) is 28.1. The number of thioether (sulfide) groups is 1. The highest BCUT2D eigenvalue weighted by atomic mass is 79.9. The number of rotatable bonds is 2. The molecule has 7 heteroatoms. The number of carbonyl (C=O) groups is 1. The Morgan fingerprint density at radius 3 is 2.73 bits per heavy atom. The maximum Gasteiger partial charge on any atom is 0.407 e. The highest BCUT2D eigenvalue weighted by Gasteiger charge is 2.23. The lowest BCUT2D eigenvalue weighted by Crippen LogP contribution is -2.38. The third kappa shape index (κ3) is 3.15. The average Bonchev–Trinajstić information content (AvgIpc) is 2.50. The molecule has 0 atom stereocenters. The summed E-state index contributed by atoms with van der Waals surface area (Å²) in [5.41, 5.74) is -0.0902. The number of pyridine rings is 1. The minimum Gasteiger partial charge on any atom is -0.465 e. The van der Waals surface area contributed by atoms with E-state index in [2.05, 4.69) is 20.9 Å². The predicted molar refractivity (Wildman–Crippen MR) is 90.7 cm³/mol. The quantitative estimate of drug-likeness (QED) is 0.832. The summed E-state index contributed by atoms with van der Waals surface area (Å²) in [6.45, 7) is 1.13. The number of halogens is 1. The van der Waals surface area contributed by atoms with Crippen LogP contribution >= 0.6 is 27.7 Å². The average molecular weight is 383 g/mol. The van der Waals surface area contributed by atoms with E-state index in [9.17, 15) is 9.59 Å². The first-order chi connectivity index (χ1) is 10.5. The summed E-state index contributed by atoms with van der Waals surface area (Å²) in [6, 6.07) is 5.63. The molecule has 1 amide bonds. The smallest absolute Gasteiger partial charge is 0.407 e. The van der Waals surface area contributed by atoms with Crippen LogP contribution in [0.15, 0.2) is 38.6 Å². The van der Waals surface area contributed by atoms with Gasteiger partial charge in [0.1, 0.15) is 0 Å². The first-order valence-electron chi connectivity index (χ1n) is 7.00. The molecule has 0 spiro atoms. The molecule has 5 nitrogen and oxygen atoms in total. The number of aromatic amines is 1. The second kappa shape index (κ2) is 6.34. The molecule has 1 fully saturated rings. The third-order valence-electron chi connectivity index (χ3n) is 3.83. The topological polar surface area (TPSA) is 73.4 Å². The van der Waals surface area contributed by atoms with Crippen LogP contribution in [0.25, 0.3) is 10.8 Å². The fourth-order valence-corrected chi connectivity index (χ4v) is 4.24. The normalized spacial score (nSPS) is 16.1. The van der Waals surface area contributed by atoms with Crippen LogP contribution in [0, 0.1) is 0 Å². The second-order valence-corrected chi connectivity index (χ2v) is 7.52. The van der Waals surface area contributed by atoms with Gasteiger partial charge < -0.3 is 15.0 Å². The van der Waals surface area contributed by atoms with Gasteiger partial charge in [-0.2, -0.15) is 0 Å². The van der Waals surface area contributed by atoms with Gasteiger partial charge in [-0.3, -0.25) is 4.79 Å². The molecule has 0 unspecified atom stereocenters. The second-order valence-electron chi connectivity index (χ2n) is 5.26. The molecule has 0 radical (unpaired) electrons. The predicted octanol–water partition coefficient (Wildman–Crippen LogP) is 3.53. The van der Waals surface area contributed by atoms with Crippen LogP contribution in [0.4, 0.5) is 4.79 Å². The van der Waals surface area contributed by atoms with Crippen LogP contribution in [-0.4, -0.2) is 39.4 Å². The number of hydrogen-bond donors (Lipinski definition) is 2. The van der Waals surface area contributed by atoms with E-state index in [4.69, 9.17) is 5.11 Å². The van der Waals surface area contributed by atoms with E-state index in [1.807, 2.05) is 18.2 Å². The fraction of sp³-hybridized carbons (Fsp3) is 0.333. The van der Waals surface area contributed by atoms with Crippen molar-refractivity contribution < 1.29 is 9.90 Å². The molecule has 0 bridgehead atoms. The van der Waals surface area contributed by atoms with Crippen molar-refractivity contribution in [3.8, 4) is 0 Å². The van der Waals surface area contributed by atoms with E-state index in [1.165, 1.54) is 4.90 Å². The first-order valence-corrected chi connectivity index (χ1v) is 8.67. The molecular formula is C15H15BrN2O3S. The summed E-state index contributed by atoms with van der Waals surface area (Å²) >= 11 is 5.16. The number of aromatic nitrogens is 1. The van der Waals surface area contributed by atoms with Gasteiger partial charge in [-0.1, -0.05) is 15.9 Å². The zero-order valence-electron chi connectivity index (χ0n) is 11.7. The molecular weight excluding hydrogens is 368 g/mol. The molecule has 1 aliphatic heterocycles. The Morgan fingerprint density at radius 2 is 2.05 bits per heavy atom. The molecule has 1 aromatic carbocycles. The molecule has 0 saturated carbocycles. The van der Waals surface area contributed by atoms with Gasteiger partial charge >= 0.3 is 6.09 Å². The van der Waals surface area contributed by atoms with Crippen LogP contribution in [0.5, 0.6) is 0 Å². The van der Waals surface area contributed by atoms with Gasteiger partial charge in [0.05, 0.1) is 0 Å². The molecule has 1 aliphatic rings. The highest BCUT2D eigenvalue weighted by Crippen LogP contribution is 2.34. The monoisotopic (exact) mass is 382 g/mol. The fourth-order valence-electron chi connectivity index (χ4n) is 2.65. The summed E-state index contributed by atoms with van der Waals surface area (Å²) in [6.07, 6.45) is 2.56. The molecule has 2 aromatic rings. The zero-order valence-corrected chi connectivity index (χ0v) is 14.1. The van der Waals surface area contributed by atoms with Crippen LogP contribution in [0.3, 0.4) is 0 Å². The molecule has 2 N–H and O–H groups in total. The highest BCUT2D eigenvalue weighted by molar-refractivity contribution is 9.10. The number of carboxylic acid groups (broad SMARTS) is 1. The number of likely N-dealkylation sites (tertiary alicyclic amines) is 1. The maximum absolute atomic E-state index is 11.9.